The maximum Gasteiger partial charge on any atom is 0.343 e. The number of rotatable bonds is 11. The van der Waals surface area contributed by atoms with Gasteiger partial charge in [-0.2, -0.15) is 0 Å². The number of para-hydroxylation sites is 1. The maximum absolute atomic E-state index is 13.1. The number of carboxylic acids is 2. The standard InChI is InChI=1S/C30H26ClN5O7/c31-24-14-21(43-29(42)18-5-9-19(10-6-18)35-30(32)33)11-7-17(24)8-12-26(37)36(16-27(38)39)15-20-13-23(28(40)41)22-3-1-2-4-25(22)34-20/h1-7,9-11,13-14H,8,12,15-16H2,(H,38,39)(H,40,41)(H4,32,33,35). The fourth-order valence-corrected chi connectivity index (χ4v) is 4.53. The molecule has 0 radical (unpaired) electrons. The van der Waals surface area contributed by atoms with Crippen LogP contribution in [0.2, 0.25) is 5.02 Å². The number of amides is 1. The Morgan fingerprint density at radius 2 is 1.67 bits per heavy atom. The summed E-state index contributed by atoms with van der Waals surface area (Å²) in [6, 6.07) is 18.7. The van der Waals surface area contributed by atoms with Crippen molar-refractivity contribution in [1.29, 1.82) is 0 Å². The summed E-state index contributed by atoms with van der Waals surface area (Å²) in [7, 11) is 0. The minimum absolute atomic E-state index is 0.00106. The van der Waals surface area contributed by atoms with Crippen LogP contribution in [-0.2, 0) is 22.6 Å². The number of nitrogens with zero attached hydrogens (tertiary/aromatic N) is 3. The van der Waals surface area contributed by atoms with Gasteiger partial charge in [0.2, 0.25) is 5.91 Å². The summed E-state index contributed by atoms with van der Waals surface area (Å²) in [6.45, 7) is -0.808. The van der Waals surface area contributed by atoms with Crippen molar-refractivity contribution in [3.8, 4) is 5.75 Å². The second-order valence-electron chi connectivity index (χ2n) is 9.35. The van der Waals surface area contributed by atoms with Gasteiger partial charge in [0.25, 0.3) is 0 Å². The summed E-state index contributed by atoms with van der Waals surface area (Å²) in [5, 5.41) is 19.7. The highest BCUT2D eigenvalue weighted by Crippen LogP contribution is 2.25. The Labute approximate surface area is 250 Å². The van der Waals surface area contributed by atoms with Gasteiger partial charge in [-0.25, -0.2) is 14.6 Å². The van der Waals surface area contributed by atoms with Crippen LogP contribution in [0.4, 0.5) is 5.69 Å². The number of aromatic nitrogens is 1. The molecule has 1 amide bonds. The number of fused-ring (bicyclic) bond motifs is 1. The largest absolute Gasteiger partial charge is 0.480 e. The number of nitrogens with two attached hydrogens (primary N) is 2. The zero-order valence-electron chi connectivity index (χ0n) is 22.6. The van der Waals surface area contributed by atoms with Gasteiger partial charge in [0.15, 0.2) is 5.96 Å². The molecule has 0 aliphatic heterocycles. The quantitative estimate of drug-likeness (QED) is 0.0847. The Kier molecular flexibility index (Phi) is 9.53. The highest BCUT2D eigenvalue weighted by atomic mass is 35.5. The Morgan fingerprint density at radius 1 is 0.953 bits per heavy atom. The van der Waals surface area contributed by atoms with E-state index >= 15 is 0 Å². The molecule has 1 heterocycles. The lowest BCUT2D eigenvalue weighted by Gasteiger charge is -2.21. The predicted molar refractivity (Wildman–Crippen MR) is 158 cm³/mol. The fraction of sp³-hybridized carbons (Fsp3) is 0.133. The van der Waals surface area contributed by atoms with Crippen molar-refractivity contribution < 1.29 is 34.1 Å². The number of aromatic carboxylic acids is 1. The Morgan fingerprint density at radius 3 is 2.33 bits per heavy atom. The van der Waals surface area contributed by atoms with Gasteiger partial charge in [0.05, 0.1) is 34.6 Å². The first-order valence-corrected chi connectivity index (χ1v) is 13.2. The first-order chi connectivity index (χ1) is 20.5. The second kappa shape index (κ2) is 13.4. The fourth-order valence-electron chi connectivity index (χ4n) is 4.26. The van der Waals surface area contributed by atoms with Gasteiger partial charge < -0.3 is 31.3 Å². The number of pyridine rings is 1. The normalized spacial score (nSPS) is 10.6. The molecule has 0 atom stereocenters. The number of aliphatic carboxylic acids is 1. The zero-order chi connectivity index (χ0) is 31.1. The van der Waals surface area contributed by atoms with Crippen LogP contribution in [0.3, 0.4) is 0 Å². The van der Waals surface area contributed by atoms with E-state index in [0.717, 1.165) is 4.90 Å². The van der Waals surface area contributed by atoms with E-state index in [9.17, 15) is 29.4 Å². The average molecular weight is 604 g/mol. The van der Waals surface area contributed by atoms with Crippen molar-refractivity contribution in [2.75, 3.05) is 6.54 Å². The average Bonchev–Trinajstić information content (AvgIpc) is 2.95. The van der Waals surface area contributed by atoms with Crippen molar-refractivity contribution in [3.63, 3.8) is 0 Å². The van der Waals surface area contributed by atoms with Gasteiger partial charge in [-0.3, -0.25) is 14.6 Å². The van der Waals surface area contributed by atoms with Gasteiger partial charge in [-0.05, 0) is 60.5 Å². The predicted octanol–water partition coefficient (Wildman–Crippen LogP) is 3.76. The lowest BCUT2D eigenvalue weighted by molar-refractivity contribution is -0.144. The minimum Gasteiger partial charge on any atom is -0.480 e. The van der Waals surface area contributed by atoms with Crippen LogP contribution < -0.4 is 16.2 Å². The lowest BCUT2D eigenvalue weighted by atomic mass is 10.1. The minimum atomic E-state index is -1.23. The number of guanidine groups is 1. The molecule has 4 rings (SSSR count). The SMILES string of the molecule is NC(N)=Nc1ccc(C(=O)Oc2ccc(CCC(=O)N(CC(=O)O)Cc3cc(C(=O)O)c4ccccc4n3)c(Cl)c2)cc1. The van der Waals surface area contributed by atoms with Gasteiger partial charge in [-0.1, -0.05) is 35.9 Å². The molecule has 3 aromatic carbocycles. The van der Waals surface area contributed by atoms with E-state index in [-0.39, 0.29) is 52.9 Å². The van der Waals surface area contributed by atoms with Crippen LogP contribution in [-0.4, -0.2) is 56.4 Å². The number of hydrogen-bond donors (Lipinski definition) is 4. The van der Waals surface area contributed by atoms with E-state index < -0.39 is 30.4 Å². The molecule has 4 aromatic rings. The third-order valence-electron chi connectivity index (χ3n) is 6.24. The molecule has 0 unspecified atom stereocenters. The molecule has 0 aliphatic carbocycles. The molecule has 1 aromatic heterocycles. The highest BCUT2D eigenvalue weighted by molar-refractivity contribution is 6.31. The van der Waals surface area contributed by atoms with Crippen LogP contribution >= 0.6 is 11.6 Å². The topological polar surface area (TPSA) is 198 Å². The molecular formula is C30H26ClN5O7. The van der Waals surface area contributed by atoms with Crippen LogP contribution in [0.25, 0.3) is 10.9 Å². The van der Waals surface area contributed by atoms with Gasteiger partial charge in [-0.15, -0.1) is 0 Å². The number of carbonyl (C=O) groups is 4. The molecule has 13 heteroatoms. The summed E-state index contributed by atoms with van der Waals surface area (Å²) < 4.78 is 5.39. The van der Waals surface area contributed by atoms with Crippen LogP contribution in [0.15, 0.2) is 77.8 Å². The number of ether oxygens (including phenoxy) is 1. The summed E-state index contributed by atoms with van der Waals surface area (Å²) >= 11 is 6.39. The van der Waals surface area contributed by atoms with Crippen molar-refractivity contribution >= 4 is 58.0 Å². The summed E-state index contributed by atoms with van der Waals surface area (Å²) in [5.41, 5.74) is 12.6. The molecule has 0 fully saturated rings. The first kappa shape index (κ1) is 30.5. The Hall–Kier alpha value is -5.49. The maximum atomic E-state index is 13.1. The van der Waals surface area contributed by atoms with E-state index in [1.54, 1.807) is 42.5 Å². The summed E-state index contributed by atoms with van der Waals surface area (Å²) in [5.74, 6) is -3.46. The van der Waals surface area contributed by atoms with E-state index in [4.69, 9.17) is 27.8 Å². The van der Waals surface area contributed by atoms with E-state index in [0.29, 0.717) is 22.2 Å². The number of halogens is 1. The van der Waals surface area contributed by atoms with Crippen molar-refractivity contribution in [3.05, 3.63) is 100 Å². The van der Waals surface area contributed by atoms with Crippen molar-refractivity contribution in [2.45, 2.75) is 19.4 Å². The van der Waals surface area contributed by atoms with Gasteiger partial charge in [0.1, 0.15) is 12.3 Å². The Balaban J connectivity index is 1.42. The molecule has 0 spiro atoms. The smallest absolute Gasteiger partial charge is 0.343 e. The molecule has 0 saturated carbocycles. The van der Waals surface area contributed by atoms with Crippen molar-refractivity contribution in [2.24, 2.45) is 16.5 Å². The number of esters is 1. The third-order valence-corrected chi connectivity index (χ3v) is 6.59. The number of aliphatic imine (C=N–C) groups is 1. The summed E-state index contributed by atoms with van der Waals surface area (Å²) in [6.07, 6.45) is 0.0768. The molecule has 0 bridgehead atoms. The molecule has 0 aliphatic rings. The van der Waals surface area contributed by atoms with Crippen LogP contribution in [0, 0.1) is 0 Å². The second-order valence-corrected chi connectivity index (χ2v) is 9.76. The third kappa shape index (κ3) is 8.05. The summed E-state index contributed by atoms with van der Waals surface area (Å²) in [4.78, 5) is 58.3. The molecule has 12 nitrogen and oxygen atoms in total. The zero-order valence-corrected chi connectivity index (χ0v) is 23.3. The molecule has 43 heavy (non-hydrogen) atoms. The first-order valence-electron chi connectivity index (χ1n) is 12.8. The monoisotopic (exact) mass is 603 g/mol. The van der Waals surface area contributed by atoms with E-state index in [1.807, 2.05) is 0 Å². The van der Waals surface area contributed by atoms with Crippen LogP contribution in [0.5, 0.6) is 5.75 Å². The van der Waals surface area contributed by atoms with Gasteiger partial charge in [0, 0.05) is 16.8 Å². The van der Waals surface area contributed by atoms with E-state index in [2.05, 4.69) is 9.98 Å². The lowest BCUT2D eigenvalue weighted by Crippen LogP contribution is -2.35. The number of benzene rings is 3. The number of carbonyl (C=O) groups excluding carboxylic acids is 2. The molecular weight excluding hydrogens is 578 g/mol. The van der Waals surface area contributed by atoms with E-state index in [1.165, 1.54) is 30.3 Å². The van der Waals surface area contributed by atoms with Gasteiger partial charge >= 0.3 is 17.9 Å². The number of carboxylic acid groups (broad SMARTS) is 2. The van der Waals surface area contributed by atoms with Crippen LogP contribution in [0.1, 0.15) is 38.4 Å². The molecule has 0 saturated heterocycles. The Bertz CT molecular complexity index is 1740. The number of aryl methyl sites for hydroxylation is 1. The number of hydrogen-bond acceptors (Lipinski definition) is 7. The highest BCUT2D eigenvalue weighted by Gasteiger charge is 2.20. The van der Waals surface area contributed by atoms with Crippen molar-refractivity contribution in [1.82, 2.24) is 9.88 Å². The molecule has 6 N–H and O–H groups in total. The molecule has 220 valence electrons.